The molecule has 0 radical (unpaired) electrons. The second-order valence-electron chi connectivity index (χ2n) is 8.46. The van der Waals surface area contributed by atoms with Crippen molar-refractivity contribution in [3.8, 4) is 0 Å². The topological polar surface area (TPSA) is 66.5 Å². The lowest BCUT2D eigenvalue weighted by Crippen LogP contribution is -2.63. The summed E-state index contributed by atoms with van der Waals surface area (Å²) in [5, 5.41) is 3.68. The molecule has 5 nitrogen and oxygen atoms in total. The van der Waals surface area contributed by atoms with E-state index in [-0.39, 0.29) is 17.7 Å². The molecule has 1 N–H and O–H groups in total. The maximum Gasteiger partial charge on any atom is 0.234 e. The molecule has 1 saturated heterocycles. The van der Waals surface area contributed by atoms with E-state index in [0.29, 0.717) is 35.0 Å². The van der Waals surface area contributed by atoms with Crippen LogP contribution in [-0.2, 0) is 14.4 Å². The maximum absolute atomic E-state index is 13.1. The largest absolute Gasteiger partial charge is 0.324 e. The molecule has 2 unspecified atom stereocenters. The fourth-order valence-corrected chi connectivity index (χ4v) is 5.34. The van der Waals surface area contributed by atoms with Gasteiger partial charge >= 0.3 is 0 Å². The summed E-state index contributed by atoms with van der Waals surface area (Å²) < 4.78 is 0. The van der Waals surface area contributed by atoms with Gasteiger partial charge in [0.05, 0.1) is 10.7 Å². The van der Waals surface area contributed by atoms with Gasteiger partial charge in [0.2, 0.25) is 17.7 Å². The highest BCUT2D eigenvalue weighted by molar-refractivity contribution is 6.35. The number of anilines is 1. The zero-order valence-electron chi connectivity index (χ0n) is 15.3. The van der Waals surface area contributed by atoms with Crippen molar-refractivity contribution in [1.82, 2.24) is 4.90 Å². The van der Waals surface area contributed by atoms with E-state index in [4.69, 9.17) is 23.2 Å². The summed E-state index contributed by atoms with van der Waals surface area (Å²) in [6.45, 7) is 5.49. The summed E-state index contributed by atoms with van der Waals surface area (Å²) in [4.78, 5) is 39.8. The number of rotatable bonds is 2. The summed E-state index contributed by atoms with van der Waals surface area (Å²) in [6.07, 6.45) is 1.20. The molecule has 2 aliphatic rings. The minimum absolute atomic E-state index is 0.223. The van der Waals surface area contributed by atoms with Crippen molar-refractivity contribution in [3.05, 3.63) is 28.2 Å². The first-order valence-corrected chi connectivity index (χ1v) is 9.25. The van der Waals surface area contributed by atoms with Crippen LogP contribution in [-0.4, -0.2) is 29.7 Å². The van der Waals surface area contributed by atoms with E-state index < -0.39 is 16.2 Å². The number of nitrogens with one attached hydrogen (secondary N) is 1. The fraction of sp³-hybridized carbons (Fsp3) is 0.526. The minimum Gasteiger partial charge on any atom is -0.324 e. The van der Waals surface area contributed by atoms with Crippen LogP contribution in [0.4, 0.5) is 5.69 Å². The van der Waals surface area contributed by atoms with Gasteiger partial charge in [-0.3, -0.25) is 19.3 Å². The molecule has 2 fully saturated rings. The summed E-state index contributed by atoms with van der Waals surface area (Å²) in [5.41, 5.74) is -1.95. The Bertz CT molecular complexity index is 795. The van der Waals surface area contributed by atoms with Gasteiger partial charge in [-0.15, -0.1) is 0 Å². The number of benzene rings is 1. The number of piperidine rings is 1. The Hall–Kier alpha value is -1.59. The van der Waals surface area contributed by atoms with Gasteiger partial charge in [0.1, 0.15) is 0 Å². The third-order valence-corrected chi connectivity index (χ3v) is 6.27. The average Bonchev–Trinajstić information content (AvgIpc) is 2.54. The van der Waals surface area contributed by atoms with Crippen LogP contribution in [0.15, 0.2) is 18.2 Å². The van der Waals surface area contributed by atoms with Crippen LogP contribution in [0.2, 0.25) is 10.0 Å². The first-order valence-electron chi connectivity index (χ1n) is 8.49. The summed E-state index contributed by atoms with van der Waals surface area (Å²) in [5.74, 6) is -0.706. The number of fused-ring (bicyclic) bond motifs is 2. The van der Waals surface area contributed by atoms with E-state index in [9.17, 15) is 14.4 Å². The Balaban J connectivity index is 1.95. The quantitative estimate of drug-likeness (QED) is 0.763. The van der Waals surface area contributed by atoms with Crippen LogP contribution in [0.5, 0.6) is 0 Å². The first-order chi connectivity index (χ1) is 11.9. The van der Waals surface area contributed by atoms with Crippen molar-refractivity contribution in [3.63, 3.8) is 0 Å². The lowest BCUT2D eigenvalue weighted by Gasteiger charge is -2.55. The van der Waals surface area contributed by atoms with Gasteiger partial charge in [-0.2, -0.15) is 0 Å². The van der Waals surface area contributed by atoms with Gasteiger partial charge < -0.3 is 5.32 Å². The monoisotopic (exact) mass is 396 g/mol. The summed E-state index contributed by atoms with van der Waals surface area (Å²) >= 11 is 12.1. The maximum atomic E-state index is 13.1. The molecule has 0 spiro atoms. The molecule has 1 heterocycles. The minimum atomic E-state index is -0.875. The number of carbonyl (C=O) groups is 3. The van der Waals surface area contributed by atoms with Crippen molar-refractivity contribution in [2.75, 3.05) is 12.4 Å². The highest BCUT2D eigenvalue weighted by atomic mass is 35.5. The SMILES string of the molecule is CN1C(=O)C2(C)CC(C)(C(=O)Nc3cc(Cl)ccc3Cl)CC(C)(C2)C1=O. The predicted molar refractivity (Wildman–Crippen MR) is 101 cm³/mol. The van der Waals surface area contributed by atoms with Crippen molar-refractivity contribution in [2.45, 2.75) is 40.0 Å². The third kappa shape index (κ3) is 2.91. The fourth-order valence-electron chi connectivity index (χ4n) is 5.00. The van der Waals surface area contributed by atoms with Gasteiger partial charge in [-0.1, -0.05) is 44.0 Å². The lowest BCUT2D eigenvalue weighted by atomic mass is 9.51. The van der Waals surface area contributed by atoms with Gasteiger partial charge in [0, 0.05) is 28.3 Å². The molecule has 1 aromatic rings. The number of amides is 3. The zero-order valence-corrected chi connectivity index (χ0v) is 16.8. The smallest absolute Gasteiger partial charge is 0.234 e. The molecule has 2 atom stereocenters. The zero-order chi connectivity index (χ0) is 19.5. The highest BCUT2D eigenvalue weighted by Gasteiger charge is 2.62. The molecule has 3 amide bonds. The molecule has 2 bridgehead atoms. The number of likely N-dealkylation sites (tertiary alicyclic amines) is 1. The molecule has 26 heavy (non-hydrogen) atoms. The van der Waals surface area contributed by atoms with Crippen LogP contribution in [0.25, 0.3) is 0 Å². The van der Waals surface area contributed by atoms with Crippen LogP contribution in [0.1, 0.15) is 40.0 Å². The summed E-state index contributed by atoms with van der Waals surface area (Å²) in [6, 6.07) is 4.84. The van der Waals surface area contributed by atoms with E-state index in [1.54, 1.807) is 18.2 Å². The number of hydrogen-bond donors (Lipinski definition) is 1. The third-order valence-electron chi connectivity index (χ3n) is 5.71. The lowest BCUT2D eigenvalue weighted by molar-refractivity contribution is -0.177. The van der Waals surface area contributed by atoms with E-state index in [2.05, 4.69) is 5.32 Å². The Morgan fingerprint density at radius 1 is 1.04 bits per heavy atom. The van der Waals surface area contributed by atoms with Gasteiger partial charge in [0.25, 0.3) is 0 Å². The molecule has 7 heteroatoms. The van der Waals surface area contributed by atoms with Crippen LogP contribution < -0.4 is 5.32 Å². The Labute approximate surface area is 163 Å². The first kappa shape index (κ1) is 19.2. The van der Waals surface area contributed by atoms with Crippen LogP contribution in [0, 0.1) is 16.2 Å². The predicted octanol–water partition coefficient (Wildman–Crippen LogP) is 4.13. The normalized spacial score (nSPS) is 34.0. The van der Waals surface area contributed by atoms with Crippen LogP contribution >= 0.6 is 23.2 Å². The molecule has 0 aromatic heterocycles. The molecular formula is C19H22Cl2N2O3. The second kappa shape index (κ2) is 5.96. The molecule has 3 rings (SSSR count). The number of carbonyl (C=O) groups excluding carboxylic acids is 3. The van der Waals surface area contributed by atoms with Gasteiger partial charge in [0.15, 0.2) is 0 Å². The van der Waals surface area contributed by atoms with E-state index in [1.165, 1.54) is 11.9 Å². The number of hydrogen-bond acceptors (Lipinski definition) is 3. The molecule has 140 valence electrons. The van der Waals surface area contributed by atoms with Crippen LogP contribution in [0.3, 0.4) is 0 Å². The molecule has 1 saturated carbocycles. The Kier molecular flexibility index (Phi) is 4.40. The van der Waals surface area contributed by atoms with Crippen molar-refractivity contribution in [1.29, 1.82) is 0 Å². The number of imide groups is 1. The average molecular weight is 397 g/mol. The Morgan fingerprint density at radius 2 is 1.58 bits per heavy atom. The molecule has 1 aromatic carbocycles. The second-order valence-corrected chi connectivity index (χ2v) is 9.30. The van der Waals surface area contributed by atoms with E-state index >= 15 is 0 Å². The van der Waals surface area contributed by atoms with Crippen molar-refractivity contribution >= 4 is 46.6 Å². The highest BCUT2D eigenvalue weighted by Crippen LogP contribution is 2.58. The molecule has 1 aliphatic carbocycles. The van der Waals surface area contributed by atoms with Gasteiger partial charge in [-0.05, 0) is 37.5 Å². The van der Waals surface area contributed by atoms with Crippen molar-refractivity contribution < 1.29 is 14.4 Å². The van der Waals surface area contributed by atoms with E-state index in [0.717, 1.165) is 0 Å². The summed E-state index contributed by atoms with van der Waals surface area (Å²) in [7, 11) is 1.52. The molecular weight excluding hydrogens is 375 g/mol. The standard InChI is InChI=1S/C19H22Cl2N2O3/c1-17(14(24)22-13-7-11(20)5-6-12(13)21)8-18(2)10-19(3,9-17)16(26)23(4)15(18)25/h5-7H,8-10H2,1-4H3,(H,22,24). The number of halogens is 2. The van der Waals surface area contributed by atoms with Gasteiger partial charge in [-0.25, -0.2) is 0 Å². The Morgan fingerprint density at radius 3 is 2.12 bits per heavy atom. The molecule has 1 aliphatic heterocycles. The number of nitrogens with zero attached hydrogens (tertiary/aromatic N) is 1. The van der Waals surface area contributed by atoms with Crippen molar-refractivity contribution in [2.24, 2.45) is 16.2 Å². The van der Waals surface area contributed by atoms with E-state index in [1.807, 2.05) is 20.8 Å².